The third-order valence-corrected chi connectivity index (χ3v) is 1.94. The van der Waals surface area contributed by atoms with Crippen LogP contribution >= 0.6 is 0 Å². The maximum atomic E-state index is 11.0. The number of nitrogens with one attached hydrogen (secondary N) is 1. The molecule has 1 amide bonds. The Bertz CT molecular complexity index is 208. The molecule has 0 aliphatic carbocycles. The Balaban J connectivity index is 2.78. The standard InChI is InChI=1S/C8H13NO2/c1-5-4-8(2,3)9-7(11)6(5)10/h5H,4H2,1-3H3,(H,9,11). The molecule has 1 heterocycles. The van der Waals surface area contributed by atoms with Crippen LogP contribution in [-0.4, -0.2) is 17.2 Å². The fraction of sp³-hybridized carbons (Fsp3) is 0.750. The van der Waals surface area contributed by atoms with Crippen molar-refractivity contribution in [1.82, 2.24) is 5.32 Å². The Hall–Kier alpha value is -0.860. The number of Topliss-reactive ketones (excluding diaryl/α,β-unsaturated/α-hetero) is 1. The lowest BCUT2D eigenvalue weighted by atomic mass is 9.85. The molecule has 1 saturated heterocycles. The number of piperidine rings is 1. The van der Waals surface area contributed by atoms with E-state index < -0.39 is 5.91 Å². The van der Waals surface area contributed by atoms with Crippen molar-refractivity contribution < 1.29 is 9.59 Å². The summed E-state index contributed by atoms with van der Waals surface area (Å²) >= 11 is 0. The van der Waals surface area contributed by atoms with Gasteiger partial charge in [0.25, 0.3) is 5.91 Å². The van der Waals surface area contributed by atoms with Crippen LogP contribution in [0.5, 0.6) is 0 Å². The van der Waals surface area contributed by atoms with Crippen LogP contribution in [0.4, 0.5) is 0 Å². The first-order chi connectivity index (χ1) is 4.92. The molecule has 11 heavy (non-hydrogen) atoms. The van der Waals surface area contributed by atoms with Crippen LogP contribution in [0.15, 0.2) is 0 Å². The minimum absolute atomic E-state index is 0.126. The molecule has 1 aliphatic heterocycles. The number of rotatable bonds is 0. The van der Waals surface area contributed by atoms with Gasteiger partial charge in [0.15, 0.2) is 0 Å². The summed E-state index contributed by atoms with van der Waals surface area (Å²) in [5.74, 6) is -0.850. The smallest absolute Gasteiger partial charge is 0.288 e. The molecule has 0 aromatic heterocycles. The number of hydrogen-bond acceptors (Lipinski definition) is 2. The highest BCUT2D eigenvalue weighted by molar-refractivity contribution is 6.37. The van der Waals surface area contributed by atoms with Gasteiger partial charge in [0, 0.05) is 11.5 Å². The Kier molecular flexibility index (Phi) is 1.74. The van der Waals surface area contributed by atoms with Crippen LogP contribution in [0.2, 0.25) is 0 Å². The zero-order chi connectivity index (χ0) is 8.65. The Labute approximate surface area is 66.2 Å². The lowest BCUT2D eigenvalue weighted by Gasteiger charge is -2.33. The summed E-state index contributed by atoms with van der Waals surface area (Å²) in [5.41, 5.74) is -0.218. The van der Waals surface area contributed by atoms with Gasteiger partial charge in [-0.1, -0.05) is 6.92 Å². The van der Waals surface area contributed by atoms with Crippen molar-refractivity contribution in [2.45, 2.75) is 32.7 Å². The van der Waals surface area contributed by atoms with E-state index in [9.17, 15) is 9.59 Å². The van der Waals surface area contributed by atoms with Crippen LogP contribution in [0.1, 0.15) is 27.2 Å². The maximum Gasteiger partial charge on any atom is 0.288 e. The van der Waals surface area contributed by atoms with Crippen molar-refractivity contribution in [1.29, 1.82) is 0 Å². The summed E-state index contributed by atoms with van der Waals surface area (Å²) in [4.78, 5) is 22.0. The average molecular weight is 155 g/mol. The van der Waals surface area contributed by atoms with E-state index in [0.29, 0.717) is 0 Å². The fourth-order valence-corrected chi connectivity index (χ4v) is 1.50. The topological polar surface area (TPSA) is 46.2 Å². The van der Waals surface area contributed by atoms with E-state index in [-0.39, 0.29) is 17.2 Å². The molecule has 1 unspecified atom stereocenters. The molecule has 62 valence electrons. The first-order valence-corrected chi connectivity index (χ1v) is 3.79. The van der Waals surface area contributed by atoms with Gasteiger partial charge in [-0.3, -0.25) is 9.59 Å². The van der Waals surface area contributed by atoms with E-state index in [0.717, 1.165) is 6.42 Å². The quantitative estimate of drug-likeness (QED) is 0.517. The first-order valence-electron chi connectivity index (χ1n) is 3.79. The molecule has 0 bridgehead atoms. The molecule has 0 saturated carbocycles. The van der Waals surface area contributed by atoms with Crippen molar-refractivity contribution in [3.05, 3.63) is 0 Å². The molecule has 0 radical (unpaired) electrons. The molecule has 0 aromatic rings. The molecule has 1 rings (SSSR count). The first kappa shape index (κ1) is 8.24. The lowest BCUT2D eigenvalue weighted by molar-refractivity contribution is -0.144. The molecular weight excluding hydrogens is 142 g/mol. The summed E-state index contributed by atoms with van der Waals surface area (Å²) < 4.78 is 0. The van der Waals surface area contributed by atoms with E-state index in [4.69, 9.17) is 0 Å². The second-order valence-electron chi connectivity index (χ2n) is 3.81. The summed E-state index contributed by atoms with van der Waals surface area (Å²) in [6.07, 6.45) is 0.734. The van der Waals surface area contributed by atoms with Crippen LogP contribution in [0.25, 0.3) is 0 Å². The second-order valence-corrected chi connectivity index (χ2v) is 3.81. The average Bonchev–Trinajstić information content (AvgIpc) is 1.81. The summed E-state index contributed by atoms with van der Waals surface area (Å²) in [6.45, 7) is 5.64. The summed E-state index contributed by atoms with van der Waals surface area (Å²) in [7, 11) is 0. The molecule has 1 fully saturated rings. The van der Waals surface area contributed by atoms with Crippen molar-refractivity contribution in [2.24, 2.45) is 5.92 Å². The van der Waals surface area contributed by atoms with Gasteiger partial charge in [0.05, 0.1) is 0 Å². The number of carbonyl (C=O) groups is 2. The van der Waals surface area contributed by atoms with Crippen molar-refractivity contribution in [3.63, 3.8) is 0 Å². The molecular formula is C8H13NO2. The summed E-state index contributed by atoms with van der Waals surface area (Å²) in [6, 6.07) is 0. The van der Waals surface area contributed by atoms with Crippen LogP contribution in [-0.2, 0) is 9.59 Å². The Morgan fingerprint density at radius 1 is 1.45 bits per heavy atom. The SMILES string of the molecule is CC1CC(C)(C)NC(=O)C1=O. The number of ketones is 1. The summed E-state index contributed by atoms with van der Waals surface area (Å²) in [5, 5.41) is 2.65. The van der Waals surface area contributed by atoms with Gasteiger partial charge < -0.3 is 5.32 Å². The highest BCUT2D eigenvalue weighted by atomic mass is 16.2. The van der Waals surface area contributed by atoms with Gasteiger partial charge in [-0.2, -0.15) is 0 Å². The van der Waals surface area contributed by atoms with Crippen molar-refractivity contribution in [2.75, 3.05) is 0 Å². The van der Waals surface area contributed by atoms with Crippen LogP contribution in [0, 0.1) is 5.92 Å². The predicted octanol–water partition coefficient (Wildman–Crippen LogP) is 0.490. The molecule has 3 nitrogen and oxygen atoms in total. The van der Waals surface area contributed by atoms with Gasteiger partial charge >= 0.3 is 0 Å². The van der Waals surface area contributed by atoms with E-state index in [1.54, 1.807) is 6.92 Å². The molecule has 1 N–H and O–H groups in total. The number of hydrogen-bond donors (Lipinski definition) is 1. The van der Waals surface area contributed by atoms with Gasteiger partial charge in [0.2, 0.25) is 5.78 Å². The Morgan fingerprint density at radius 2 is 2.00 bits per heavy atom. The minimum Gasteiger partial charge on any atom is -0.345 e. The molecule has 0 spiro atoms. The molecule has 0 aromatic carbocycles. The maximum absolute atomic E-state index is 11.0. The van der Waals surface area contributed by atoms with E-state index in [1.165, 1.54) is 0 Å². The monoisotopic (exact) mass is 155 g/mol. The highest BCUT2D eigenvalue weighted by Gasteiger charge is 2.36. The lowest BCUT2D eigenvalue weighted by Crippen LogP contribution is -2.54. The number of carbonyl (C=O) groups excluding carboxylic acids is 2. The molecule has 3 heteroatoms. The van der Waals surface area contributed by atoms with Gasteiger partial charge in [0.1, 0.15) is 0 Å². The fourth-order valence-electron chi connectivity index (χ4n) is 1.50. The van der Waals surface area contributed by atoms with Crippen LogP contribution < -0.4 is 5.32 Å². The normalized spacial score (nSPS) is 29.9. The highest BCUT2D eigenvalue weighted by Crippen LogP contribution is 2.21. The van der Waals surface area contributed by atoms with E-state index >= 15 is 0 Å². The largest absolute Gasteiger partial charge is 0.345 e. The van der Waals surface area contributed by atoms with E-state index in [1.807, 2.05) is 13.8 Å². The van der Waals surface area contributed by atoms with Gasteiger partial charge in [-0.15, -0.1) is 0 Å². The van der Waals surface area contributed by atoms with Gasteiger partial charge in [-0.25, -0.2) is 0 Å². The zero-order valence-electron chi connectivity index (χ0n) is 7.10. The zero-order valence-corrected chi connectivity index (χ0v) is 7.10. The second kappa shape index (κ2) is 2.32. The third kappa shape index (κ3) is 1.59. The van der Waals surface area contributed by atoms with E-state index in [2.05, 4.69) is 5.32 Å². The minimum atomic E-state index is -0.436. The predicted molar refractivity (Wildman–Crippen MR) is 41.0 cm³/mol. The Morgan fingerprint density at radius 3 is 2.45 bits per heavy atom. The third-order valence-electron chi connectivity index (χ3n) is 1.94. The molecule has 1 aliphatic rings. The van der Waals surface area contributed by atoms with Crippen molar-refractivity contribution in [3.8, 4) is 0 Å². The van der Waals surface area contributed by atoms with Crippen LogP contribution in [0.3, 0.4) is 0 Å². The molecule has 1 atom stereocenters. The number of amides is 1. The van der Waals surface area contributed by atoms with Crippen molar-refractivity contribution >= 4 is 11.7 Å². The van der Waals surface area contributed by atoms with Gasteiger partial charge in [-0.05, 0) is 20.3 Å².